The number of hydrogen-bond donors (Lipinski definition) is 1. The number of anilines is 1. The number of benzene rings is 2. The molecule has 4 nitrogen and oxygen atoms in total. The lowest BCUT2D eigenvalue weighted by Gasteiger charge is -2.11. The van der Waals surface area contributed by atoms with Gasteiger partial charge < -0.3 is 15.2 Å². The molecule has 0 atom stereocenters. The highest BCUT2D eigenvalue weighted by Crippen LogP contribution is 2.34. The number of halogens is 3. The van der Waals surface area contributed by atoms with Crippen molar-refractivity contribution in [1.82, 2.24) is 0 Å². The van der Waals surface area contributed by atoms with Crippen LogP contribution in [0.2, 0.25) is 0 Å². The van der Waals surface area contributed by atoms with Gasteiger partial charge in [0.1, 0.15) is 5.75 Å². The average molecular weight is 419 g/mol. The van der Waals surface area contributed by atoms with Crippen molar-refractivity contribution in [3.8, 4) is 11.5 Å². The molecule has 2 rings (SSSR count). The van der Waals surface area contributed by atoms with E-state index in [-0.39, 0.29) is 17.0 Å². The molecule has 110 valence electrons. The first kappa shape index (κ1) is 15.8. The van der Waals surface area contributed by atoms with Crippen LogP contribution in [0.5, 0.6) is 11.5 Å². The van der Waals surface area contributed by atoms with Gasteiger partial charge in [-0.1, -0.05) is 15.9 Å². The molecule has 0 saturated heterocycles. The SMILES string of the molecule is COC(=O)c1cc(Oc2ccc(Br)cc2Br)c(F)cc1N. The molecule has 2 aromatic carbocycles. The Hall–Kier alpha value is -1.60. The number of methoxy groups -OCH3 is 1. The Kier molecular flexibility index (Phi) is 4.84. The Morgan fingerprint density at radius 1 is 1.19 bits per heavy atom. The maximum atomic E-state index is 13.9. The summed E-state index contributed by atoms with van der Waals surface area (Å²) in [6.45, 7) is 0. The molecule has 2 aromatic rings. The normalized spacial score (nSPS) is 10.3. The Morgan fingerprint density at radius 2 is 1.90 bits per heavy atom. The first-order valence-corrected chi connectivity index (χ1v) is 7.31. The quantitative estimate of drug-likeness (QED) is 0.588. The molecule has 7 heteroatoms. The van der Waals surface area contributed by atoms with Crippen LogP contribution in [0.25, 0.3) is 0 Å². The number of nitrogens with two attached hydrogens (primary N) is 1. The topological polar surface area (TPSA) is 61.5 Å². The van der Waals surface area contributed by atoms with Crippen molar-refractivity contribution in [2.75, 3.05) is 12.8 Å². The smallest absolute Gasteiger partial charge is 0.340 e. The minimum atomic E-state index is -0.671. The standard InChI is InChI=1S/C14H10Br2FNO3/c1-20-14(19)8-5-13(10(17)6-11(8)18)21-12-3-2-7(15)4-9(12)16/h2-6H,18H2,1H3. The molecule has 2 N–H and O–H groups in total. The highest BCUT2D eigenvalue weighted by Gasteiger charge is 2.16. The van der Waals surface area contributed by atoms with Gasteiger partial charge in [0.2, 0.25) is 0 Å². The van der Waals surface area contributed by atoms with E-state index in [4.69, 9.17) is 10.5 Å². The van der Waals surface area contributed by atoms with Crippen molar-refractivity contribution in [2.45, 2.75) is 0 Å². The van der Waals surface area contributed by atoms with Gasteiger partial charge in [0.05, 0.1) is 17.1 Å². The molecule has 0 fully saturated rings. The summed E-state index contributed by atoms with van der Waals surface area (Å²) in [7, 11) is 1.22. The van der Waals surface area contributed by atoms with Crippen LogP contribution in [-0.4, -0.2) is 13.1 Å². The number of carbonyl (C=O) groups excluding carboxylic acids is 1. The summed E-state index contributed by atoms with van der Waals surface area (Å²) in [5.41, 5.74) is 5.63. The Bertz CT molecular complexity index is 707. The van der Waals surface area contributed by atoms with Crippen molar-refractivity contribution in [3.63, 3.8) is 0 Å². The third-order valence-corrected chi connectivity index (χ3v) is 3.74. The van der Waals surface area contributed by atoms with E-state index in [1.807, 2.05) is 0 Å². The van der Waals surface area contributed by atoms with Gasteiger partial charge in [0.25, 0.3) is 0 Å². The summed E-state index contributed by atoms with van der Waals surface area (Å²) < 4.78 is 25.5. The number of hydrogen-bond acceptors (Lipinski definition) is 4. The van der Waals surface area contributed by atoms with Crippen LogP contribution in [0, 0.1) is 5.82 Å². The fourth-order valence-corrected chi connectivity index (χ4v) is 2.74. The average Bonchev–Trinajstić information content (AvgIpc) is 2.43. The molecule has 0 unspecified atom stereocenters. The van der Waals surface area contributed by atoms with Crippen LogP contribution in [0.3, 0.4) is 0 Å². The number of nitrogen functional groups attached to an aromatic ring is 1. The largest absolute Gasteiger partial charge is 0.465 e. The number of esters is 1. The van der Waals surface area contributed by atoms with Gasteiger partial charge in [-0.25, -0.2) is 9.18 Å². The van der Waals surface area contributed by atoms with E-state index in [2.05, 4.69) is 36.6 Å². The molecular weight excluding hydrogens is 409 g/mol. The van der Waals surface area contributed by atoms with E-state index in [1.165, 1.54) is 13.2 Å². The minimum Gasteiger partial charge on any atom is -0.465 e. The van der Waals surface area contributed by atoms with Crippen LogP contribution in [0.1, 0.15) is 10.4 Å². The first-order chi connectivity index (χ1) is 9.92. The number of carbonyl (C=O) groups is 1. The van der Waals surface area contributed by atoms with E-state index < -0.39 is 11.8 Å². The van der Waals surface area contributed by atoms with E-state index in [0.717, 1.165) is 10.5 Å². The van der Waals surface area contributed by atoms with Gasteiger partial charge >= 0.3 is 5.97 Å². The zero-order chi connectivity index (χ0) is 15.6. The van der Waals surface area contributed by atoms with E-state index >= 15 is 0 Å². The lowest BCUT2D eigenvalue weighted by molar-refractivity contribution is 0.0601. The van der Waals surface area contributed by atoms with Crippen LogP contribution in [0.4, 0.5) is 10.1 Å². The number of rotatable bonds is 3. The van der Waals surface area contributed by atoms with Gasteiger partial charge in [-0.2, -0.15) is 0 Å². The lowest BCUT2D eigenvalue weighted by Crippen LogP contribution is -2.07. The van der Waals surface area contributed by atoms with Crippen LogP contribution in [-0.2, 0) is 4.74 Å². The maximum Gasteiger partial charge on any atom is 0.340 e. The van der Waals surface area contributed by atoms with Crippen molar-refractivity contribution >= 4 is 43.5 Å². The van der Waals surface area contributed by atoms with Gasteiger partial charge in [0.15, 0.2) is 11.6 Å². The lowest BCUT2D eigenvalue weighted by atomic mass is 10.1. The molecule has 0 saturated carbocycles. The summed E-state index contributed by atoms with van der Waals surface area (Å²) in [6.07, 6.45) is 0. The number of ether oxygens (including phenoxy) is 2. The summed E-state index contributed by atoms with van der Waals surface area (Å²) in [6, 6.07) is 7.39. The predicted molar refractivity (Wildman–Crippen MR) is 84.1 cm³/mol. The third-order valence-electron chi connectivity index (χ3n) is 2.62. The second-order valence-corrected chi connectivity index (χ2v) is 5.81. The fraction of sp³-hybridized carbons (Fsp3) is 0.0714. The molecule has 0 spiro atoms. The highest BCUT2D eigenvalue weighted by atomic mass is 79.9. The molecule has 0 aliphatic heterocycles. The van der Waals surface area contributed by atoms with Crippen LogP contribution < -0.4 is 10.5 Å². The van der Waals surface area contributed by atoms with E-state index in [1.54, 1.807) is 18.2 Å². The van der Waals surface area contributed by atoms with Crippen molar-refractivity contribution < 1.29 is 18.7 Å². The molecule has 0 aliphatic rings. The van der Waals surface area contributed by atoms with E-state index in [0.29, 0.717) is 10.2 Å². The fourth-order valence-electron chi connectivity index (χ4n) is 1.61. The van der Waals surface area contributed by atoms with Crippen LogP contribution >= 0.6 is 31.9 Å². The minimum absolute atomic E-state index is 0.0124. The summed E-state index contributed by atoms with van der Waals surface area (Å²) in [5.74, 6) is -1.05. The molecule has 0 aromatic heterocycles. The monoisotopic (exact) mass is 417 g/mol. The molecule has 0 bridgehead atoms. The van der Waals surface area contributed by atoms with Crippen LogP contribution in [0.15, 0.2) is 39.3 Å². The third kappa shape index (κ3) is 3.54. The summed E-state index contributed by atoms with van der Waals surface area (Å²) in [4.78, 5) is 11.6. The van der Waals surface area contributed by atoms with Gasteiger partial charge in [-0.15, -0.1) is 0 Å². The second-order valence-electron chi connectivity index (χ2n) is 4.04. The molecule has 0 aliphatic carbocycles. The summed E-state index contributed by atoms with van der Waals surface area (Å²) >= 11 is 6.62. The zero-order valence-corrected chi connectivity index (χ0v) is 14.0. The van der Waals surface area contributed by atoms with Gasteiger partial charge in [-0.3, -0.25) is 0 Å². The Morgan fingerprint density at radius 3 is 2.52 bits per heavy atom. The predicted octanol–water partition coefficient (Wildman–Crippen LogP) is 4.51. The van der Waals surface area contributed by atoms with Gasteiger partial charge in [0, 0.05) is 22.3 Å². The van der Waals surface area contributed by atoms with Crippen molar-refractivity contribution in [3.05, 3.63) is 50.7 Å². The zero-order valence-electron chi connectivity index (χ0n) is 10.8. The van der Waals surface area contributed by atoms with Crippen molar-refractivity contribution in [2.24, 2.45) is 0 Å². The van der Waals surface area contributed by atoms with Crippen molar-refractivity contribution in [1.29, 1.82) is 0 Å². The van der Waals surface area contributed by atoms with Gasteiger partial charge in [-0.05, 0) is 34.1 Å². The highest BCUT2D eigenvalue weighted by molar-refractivity contribution is 9.11. The molecule has 0 heterocycles. The molecule has 0 amide bonds. The summed E-state index contributed by atoms with van der Waals surface area (Å²) in [5, 5.41) is 0. The molecule has 21 heavy (non-hydrogen) atoms. The maximum absolute atomic E-state index is 13.9. The first-order valence-electron chi connectivity index (χ1n) is 5.72. The van der Waals surface area contributed by atoms with E-state index in [9.17, 15) is 9.18 Å². The second kappa shape index (κ2) is 6.44. The molecular formula is C14H10Br2FNO3. The Balaban J connectivity index is 2.42. The Labute approximate surface area is 137 Å². The molecule has 0 radical (unpaired) electrons.